The van der Waals surface area contributed by atoms with Crippen LogP contribution in [0.25, 0.3) is 0 Å². The van der Waals surface area contributed by atoms with Crippen molar-refractivity contribution in [2.24, 2.45) is 5.92 Å². The maximum Gasteiger partial charge on any atom is 0.408 e. The lowest BCUT2D eigenvalue weighted by molar-refractivity contribution is -0.119. The van der Waals surface area contributed by atoms with Crippen LogP contribution in [0.5, 0.6) is 0 Å². The van der Waals surface area contributed by atoms with Gasteiger partial charge in [0.2, 0.25) is 5.91 Å². The molecule has 1 unspecified atom stereocenters. The Bertz CT molecular complexity index is 356. The molecule has 0 aromatic rings. The van der Waals surface area contributed by atoms with Crippen LogP contribution in [0.1, 0.15) is 46.5 Å². The van der Waals surface area contributed by atoms with Crippen molar-refractivity contribution < 1.29 is 14.3 Å². The molecule has 2 rings (SSSR count). The van der Waals surface area contributed by atoms with E-state index in [0.29, 0.717) is 12.3 Å². The van der Waals surface area contributed by atoms with Crippen molar-refractivity contribution >= 4 is 12.0 Å². The summed E-state index contributed by atoms with van der Waals surface area (Å²) in [5, 5.41) is 5.79. The summed E-state index contributed by atoms with van der Waals surface area (Å²) in [6, 6.07) is 0. The Morgan fingerprint density at radius 1 is 1.50 bits per heavy atom. The third kappa shape index (κ3) is 3.62. The molecular formula is C13H22N2O3. The molecule has 2 amide bonds. The molecule has 0 aromatic heterocycles. The van der Waals surface area contributed by atoms with E-state index in [9.17, 15) is 9.59 Å². The number of amides is 2. The van der Waals surface area contributed by atoms with E-state index in [2.05, 4.69) is 10.6 Å². The minimum absolute atomic E-state index is 0.119. The van der Waals surface area contributed by atoms with Gasteiger partial charge in [0.1, 0.15) is 5.60 Å². The lowest BCUT2D eigenvalue weighted by atomic mass is 9.97. The Balaban J connectivity index is 1.81. The highest BCUT2D eigenvalue weighted by Crippen LogP contribution is 2.42. The van der Waals surface area contributed by atoms with Crippen LogP contribution < -0.4 is 10.6 Å². The zero-order valence-corrected chi connectivity index (χ0v) is 11.3. The average Bonchev–Trinajstić information content (AvgIpc) is 2.78. The highest BCUT2D eigenvalue weighted by molar-refractivity contribution is 5.78. The second kappa shape index (κ2) is 4.44. The van der Waals surface area contributed by atoms with E-state index >= 15 is 0 Å². The molecule has 0 spiro atoms. The molecule has 5 nitrogen and oxygen atoms in total. The Labute approximate surface area is 108 Å². The number of hydrogen-bond acceptors (Lipinski definition) is 3. The predicted molar refractivity (Wildman–Crippen MR) is 67.1 cm³/mol. The van der Waals surface area contributed by atoms with Crippen LogP contribution in [-0.2, 0) is 9.53 Å². The van der Waals surface area contributed by atoms with Crippen LogP contribution in [0.3, 0.4) is 0 Å². The fourth-order valence-corrected chi connectivity index (χ4v) is 2.41. The van der Waals surface area contributed by atoms with Crippen molar-refractivity contribution in [1.29, 1.82) is 0 Å². The molecule has 1 aliphatic heterocycles. The van der Waals surface area contributed by atoms with Crippen LogP contribution in [0.4, 0.5) is 4.79 Å². The summed E-state index contributed by atoms with van der Waals surface area (Å²) >= 11 is 0. The molecule has 2 fully saturated rings. The summed E-state index contributed by atoms with van der Waals surface area (Å²) in [5.74, 6) is 0.461. The molecule has 1 heterocycles. The molecule has 1 saturated heterocycles. The van der Waals surface area contributed by atoms with Crippen LogP contribution in [0.2, 0.25) is 0 Å². The average molecular weight is 254 g/mol. The van der Waals surface area contributed by atoms with E-state index in [1.807, 2.05) is 20.8 Å². The van der Waals surface area contributed by atoms with E-state index in [1.54, 1.807) is 0 Å². The molecule has 102 valence electrons. The van der Waals surface area contributed by atoms with E-state index in [-0.39, 0.29) is 17.5 Å². The molecule has 1 saturated carbocycles. The van der Waals surface area contributed by atoms with Crippen molar-refractivity contribution in [3.05, 3.63) is 0 Å². The van der Waals surface area contributed by atoms with Gasteiger partial charge >= 0.3 is 6.09 Å². The van der Waals surface area contributed by atoms with Gasteiger partial charge in [-0.1, -0.05) is 0 Å². The monoisotopic (exact) mass is 254 g/mol. The quantitative estimate of drug-likeness (QED) is 0.803. The van der Waals surface area contributed by atoms with Gasteiger partial charge in [0.25, 0.3) is 0 Å². The van der Waals surface area contributed by atoms with Gasteiger partial charge in [0, 0.05) is 18.5 Å². The van der Waals surface area contributed by atoms with Crippen LogP contribution in [-0.4, -0.2) is 29.7 Å². The normalized spacial score (nSPS) is 25.5. The molecule has 5 heteroatoms. The molecule has 2 aliphatic rings. The van der Waals surface area contributed by atoms with E-state index < -0.39 is 5.60 Å². The minimum Gasteiger partial charge on any atom is -0.444 e. The van der Waals surface area contributed by atoms with E-state index in [1.165, 1.54) is 0 Å². The van der Waals surface area contributed by atoms with Gasteiger partial charge < -0.3 is 15.4 Å². The maximum atomic E-state index is 11.7. The number of ether oxygens (including phenoxy) is 1. The second-order valence-electron chi connectivity index (χ2n) is 6.49. The minimum atomic E-state index is -0.467. The number of carbonyl (C=O) groups is 2. The lowest BCUT2D eigenvalue weighted by Gasteiger charge is -2.24. The maximum absolute atomic E-state index is 11.7. The fraction of sp³-hybridized carbons (Fsp3) is 0.846. The summed E-state index contributed by atoms with van der Waals surface area (Å²) in [5.41, 5.74) is -0.593. The summed E-state index contributed by atoms with van der Waals surface area (Å²) < 4.78 is 5.27. The smallest absolute Gasteiger partial charge is 0.408 e. The van der Waals surface area contributed by atoms with Gasteiger partial charge in [-0.15, -0.1) is 0 Å². The largest absolute Gasteiger partial charge is 0.444 e. The van der Waals surface area contributed by atoms with Crippen molar-refractivity contribution in [3.8, 4) is 0 Å². The third-order valence-corrected chi connectivity index (χ3v) is 3.36. The molecule has 1 aliphatic carbocycles. The van der Waals surface area contributed by atoms with Crippen LogP contribution in [0, 0.1) is 5.92 Å². The number of hydrogen-bond donors (Lipinski definition) is 2. The first-order chi connectivity index (χ1) is 8.28. The van der Waals surface area contributed by atoms with Gasteiger partial charge in [-0.3, -0.25) is 4.79 Å². The van der Waals surface area contributed by atoms with Gasteiger partial charge in [0.05, 0.1) is 0 Å². The predicted octanol–water partition coefficient (Wildman–Crippen LogP) is 1.57. The highest BCUT2D eigenvalue weighted by atomic mass is 16.6. The van der Waals surface area contributed by atoms with Gasteiger partial charge in [-0.25, -0.2) is 4.79 Å². The fourth-order valence-electron chi connectivity index (χ4n) is 2.41. The van der Waals surface area contributed by atoms with E-state index in [4.69, 9.17) is 4.74 Å². The summed E-state index contributed by atoms with van der Waals surface area (Å²) in [7, 11) is 0. The van der Waals surface area contributed by atoms with Gasteiger partial charge in [-0.05, 0) is 46.0 Å². The van der Waals surface area contributed by atoms with E-state index in [0.717, 1.165) is 25.8 Å². The molecule has 18 heavy (non-hydrogen) atoms. The van der Waals surface area contributed by atoms with Crippen LogP contribution >= 0.6 is 0 Å². The Hall–Kier alpha value is -1.26. The summed E-state index contributed by atoms with van der Waals surface area (Å²) in [4.78, 5) is 22.9. The molecule has 0 aromatic carbocycles. The van der Waals surface area contributed by atoms with Gasteiger partial charge in [-0.2, -0.15) is 0 Å². The standard InChI is InChI=1S/C13H22N2O3/c1-12(2,3)18-11(17)15-13(4-5-13)7-9-6-10(16)14-8-9/h9H,4-8H2,1-3H3,(H,14,16)(H,15,17). The van der Waals surface area contributed by atoms with Crippen molar-refractivity contribution in [2.45, 2.75) is 57.6 Å². The van der Waals surface area contributed by atoms with Crippen molar-refractivity contribution in [3.63, 3.8) is 0 Å². The Morgan fingerprint density at radius 3 is 2.61 bits per heavy atom. The highest BCUT2D eigenvalue weighted by Gasteiger charge is 2.47. The molecule has 0 radical (unpaired) electrons. The second-order valence-corrected chi connectivity index (χ2v) is 6.49. The number of nitrogens with one attached hydrogen (secondary N) is 2. The Kier molecular flexibility index (Phi) is 3.25. The SMILES string of the molecule is CC(C)(C)OC(=O)NC1(CC2CNC(=O)C2)CC1. The number of alkyl carbamates (subject to hydrolysis) is 1. The lowest BCUT2D eigenvalue weighted by Crippen LogP contribution is -2.41. The van der Waals surface area contributed by atoms with Crippen molar-refractivity contribution in [1.82, 2.24) is 10.6 Å². The molecule has 0 bridgehead atoms. The Morgan fingerprint density at radius 2 is 2.17 bits per heavy atom. The molecular weight excluding hydrogens is 232 g/mol. The number of carbonyl (C=O) groups excluding carboxylic acids is 2. The molecule has 2 N–H and O–H groups in total. The first-order valence-electron chi connectivity index (χ1n) is 6.56. The molecule has 1 atom stereocenters. The zero-order chi connectivity index (χ0) is 13.4. The van der Waals surface area contributed by atoms with Gasteiger partial charge in [0.15, 0.2) is 0 Å². The first-order valence-corrected chi connectivity index (χ1v) is 6.56. The summed E-state index contributed by atoms with van der Waals surface area (Å²) in [6.45, 7) is 6.29. The van der Waals surface area contributed by atoms with Crippen LogP contribution in [0.15, 0.2) is 0 Å². The van der Waals surface area contributed by atoms with Crippen molar-refractivity contribution in [2.75, 3.05) is 6.54 Å². The summed E-state index contributed by atoms with van der Waals surface area (Å²) in [6.07, 6.45) is 3.06. The zero-order valence-electron chi connectivity index (χ0n) is 11.3. The number of rotatable bonds is 3. The first kappa shape index (κ1) is 13.2. The topological polar surface area (TPSA) is 67.4 Å². The third-order valence-electron chi connectivity index (χ3n) is 3.36.